The lowest BCUT2D eigenvalue weighted by atomic mass is 10.1. The summed E-state index contributed by atoms with van der Waals surface area (Å²) in [6, 6.07) is 0. The summed E-state index contributed by atoms with van der Waals surface area (Å²) in [5.74, 6) is -36.6. The third-order valence-corrected chi connectivity index (χ3v) is 2.38. The summed E-state index contributed by atoms with van der Waals surface area (Å²) < 4.78 is 176. The van der Waals surface area contributed by atoms with Gasteiger partial charge >= 0.3 is 42.7 Å². The second-order valence-electron chi connectivity index (χ2n) is 4.30. The van der Waals surface area contributed by atoms with E-state index in [-0.39, 0.29) is 0 Å². The van der Waals surface area contributed by atoms with Crippen LogP contribution in [0.5, 0.6) is 0 Å². The van der Waals surface area contributed by atoms with Crippen molar-refractivity contribution in [2.75, 3.05) is 0 Å². The van der Waals surface area contributed by atoms with Gasteiger partial charge in [0.1, 0.15) is 0 Å². The molecule has 0 aromatic rings. The molecule has 158 valence electrons. The fourth-order valence-corrected chi connectivity index (χ4v) is 0.978. The Bertz CT molecular complexity index is 619. The van der Waals surface area contributed by atoms with Gasteiger partial charge in [-0.3, -0.25) is 4.79 Å². The Balaban J connectivity index is 5.79. The summed E-state index contributed by atoms with van der Waals surface area (Å²) in [5, 5.41) is 0. The van der Waals surface area contributed by atoms with Gasteiger partial charge in [-0.25, -0.2) is 13.6 Å². The highest BCUT2D eigenvalue weighted by Gasteiger charge is 2.70. The predicted molar refractivity (Wildman–Crippen MR) is 52.1 cm³/mol. The Morgan fingerprint density at radius 2 is 1.15 bits per heavy atom. The lowest BCUT2D eigenvalue weighted by Gasteiger charge is -2.25. The lowest BCUT2D eigenvalue weighted by molar-refractivity contribution is -0.267. The Hall–Kier alpha value is -2.10. The number of rotatable bonds is 7. The number of allylic oxidation sites excluding steroid dienone is 2. The highest BCUT2D eigenvalue weighted by Crippen LogP contribution is 2.41. The van der Waals surface area contributed by atoms with Crippen molar-refractivity contribution >= 4 is 11.8 Å². The third-order valence-electron chi connectivity index (χ3n) is 2.38. The van der Waals surface area contributed by atoms with E-state index in [4.69, 9.17) is 0 Å². The molecule has 1 atom stereocenters. The first kappa shape index (κ1) is 24.9. The van der Waals surface area contributed by atoms with Crippen LogP contribution in [0.4, 0.5) is 61.5 Å². The fourth-order valence-electron chi connectivity index (χ4n) is 0.978. The van der Waals surface area contributed by atoms with Crippen LogP contribution in [0.25, 0.3) is 0 Å². The highest BCUT2D eigenvalue weighted by molar-refractivity contribution is 6.03. The van der Waals surface area contributed by atoms with Gasteiger partial charge < -0.3 is 4.74 Å². The van der Waals surface area contributed by atoms with Gasteiger partial charge in [0.2, 0.25) is 11.7 Å². The van der Waals surface area contributed by atoms with Gasteiger partial charge in [-0.05, 0) is 0 Å². The third kappa shape index (κ3) is 4.79. The predicted octanol–water partition coefficient (Wildman–Crippen LogP) is 4.28. The van der Waals surface area contributed by atoms with E-state index in [0.717, 1.165) is 0 Å². The largest absolute Gasteiger partial charge is 0.446 e. The molecule has 0 aliphatic carbocycles. The Kier molecular flexibility index (Phi) is 6.91. The maximum absolute atomic E-state index is 13.1. The molecule has 3 nitrogen and oxygen atoms in total. The van der Waals surface area contributed by atoms with E-state index in [9.17, 15) is 71.1 Å². The first-order valence-corrected chi connectivity index (χ1v) is 5.66. The molecule has 0 rings (SSSR count). The molecule has 0 aliphatic rings. The first-order chi connectivity index (χ1) is 11.7. The summed E-state index contributed by atoms with van der Waals surface area (Å²) in [4.78, 5) is 21.2. The Labute approximate surface area is 137 Å². The van der Waals surface area contributed by atoms with Crippen molar-refractivity contribution in [2.24, 2.45) is 0 Å². The van der Waals surface area contributed by atoms with Crippen molar-refractivity contribution in [3.05, 3.63) is 11.7 Å². The van der Waals surface area contributed by atoms with E-state index in [1.165, 1.54) is 0 Å². The average Bonchev–Trinajstić information content (AvgIpc) is 2.50. The van der Waals surface area contributed by atoms with Gasteiger partial charge in [0.25, 0.3) is 5.78 Å². The summed E-state index contributed by atoms with van der Waals surface area (Å²) >= 11 is 0. The van der Waals surface area contributed by atoms with Crippen molar-refractivity contribution in [1.82, 2.24) is 0 Å². The van der Waals surface area contributed by atoms with Crippen molar-refractivity contribution in [1.29, 1.82) is 0 Å². The number of ketones is 1. The molecule has 0 fully saturated rings. The zero-order valence-corrected chi connectivity index (χ0v) is 11.7. The van der Waals surface area contributed by atoms with E-state index < -0.39 is 60.1 Å². The van der Waals surface area contributed by atoms with Crippen LogP contribution < -0.4 is 0 Å². The van der Waals surface area contributed by atoms with Crippen LogP contribution in [-0.2, 0) is 14.3 Å². The molecule has 0 aliphatic heterocycles. The molecular weight excluding hydrogens is 434 g/mol. The molecule has 0 amide bonds. The number of carbonyl (C=O) groups excluding carboxylic acids is 2. The second kappa shape index (κ2) is 7.49. The molecule has 0 radical (unpaired) electrons. The van der Waals surface area contributed by atoms with Crippen LogP contribution in [0.15, 0.2) is 11.7 Å². The zero-order chi connectivity index (χ0) is 22.2. The summed E-state index contributed by atoms with van der Waals surface area (Å²) in [5.41, 5.74) is 0. The molecule has 0 aromatic heterocycles. The topological polar surface area (TPSA) is 43.4 Å². The number of Topliss-reactive ketones (excluding diaryl/α,β-unsaturated/α-hetero) is 1. The van der Waals surface area contributed by atoms with Crippen LogP contribution in [0, 0.1) is 0 Å². The normalized spacial score (nSPS) is 16.1. The quantitative estimate of drug-likeness (QED) is 0.340. The van der Waals surface area contributed by atoms with Crippen LogP contribution in [0.1, 0.15) is 0 Å². The number of carbonyl (C=O) groups is 2. The van der Waals surface area contributed by atoms with E-state index >= 15 is 0 Å². The van der Waals surface area contributed by atoms with E-state index in [2.05, 4.69) is 4.74 Å². The zero-order valence-electron chi connectivity index (χ0n) is 11.7. The van der Waals surface area contributed by atoms with Crippen molar-refractivity contribution < 1.29 is 75.8 Å². The van der Waals surface area contributed by atoms with E-state index in [0.29, 0.717) is 0 Å². The van der Waals surface area contributed by atoms with E-state index in [1.807, 2.05) is 0 Å². The number of hydrogen-bond acceptors (Lipinski definition) is 3. The minimum absolute atomic E-state index is 2.31. The molecule has 1 unspecified atom stereocenters. The van der Waals surface area contributed by atoms with Crippen LogP contribution >= 0.6 is 0 Å². The smallest absolute Gasteiger partial charge is 0.419 e. The number of ether oxygens (including phenoxy) is 1. The van der Waals surface area contributed by atoms with Crippen molar-refractivity contribution in [3.63, 3.8) is 0 Å². The molecule has 0 N–H and O–H groups in total. The fraction of sp³-hybridized carbons (Fsp3) is 0.600. The molecule has 0 bridgehead atoms. The minimum atomic E-state index is -6.92. The average molecular weight is 436 g/mol. The SMILES string of the molecule is O=C(OC(F)C(F)(F)C(F)F)C(F)(F)C(F)(F)C(=O)C(F)=C(F)C(F)(F)F. The maximum atomic E-state index is 13.1. The molecule has 17 heteroatoms. The minimum Gasteiger partial charge on any atom is -0.419 e. The number of halogens is 14. The van der Waals surface area contributed by atoms with Crippen LogP contribution in [0.2, 0.25) is 0 Å². The summed E-state index contributed by atoms with van der Waals surface area (Å²) in [6.07, 6.45) is -16.4. The van der Waals surface area contributed by atoms with Gasteiger partial charge in [-0.2, -0.15) is 52.7 Å². The van der Waals surface area contributed by atoms with Gasteiger partial charge in [0.15, 0.2) is 0 Å². The van der Waals surface area contributed by atoms with Crippen LogP contribution in [0.3, 0.4) is 0 Å². The van der Waals surface area contributed by atoms with Gasteiger partial charge in [-0.15, -0.1) is 0 Å². The van der Waals surface area contributed by atoms with Gasteiger partial charge in [-0.1, -0.05) is 0 Å². The molecule has 0 heterocycles. The summed E-state index contributed by atoms with van der Waals surface area (Å²) in [6.45, 7) is 0. The molecule has 0 spiro atoms. The monoisotopic (exact) mass is 436 g/mol. The molecule has 27 heavy (non-hydrogen) atoms. The van der Waals surface area contributed by atoms with Gasteiger partial charge in [0, 0.05) is 0 Å². The number of hydrogen-bond donors (Lipinski definition) is 0. The van der Waals surface area contributed by atoms with Gasteiger partial charge in [0.05, 0.1) is 0 Å². The highest BCUT2D eigenvalue weighted by atomic mass is 19.4. The standard InChI is InChI=1S/C10H2F14O3/c11-1(2(12)10(22,23)24)3(25)8(18,19)9(20,21)6(26)27-5(15)7(16,17)4(13)14/h4-5H. The van der Waals surface area contributed by atoms with Crippen LogP contribution in [-0.4, -0.2) is 48.5 Å². The number of esters is 1. The second-order valence-corrected chi connectivity index (χ2v) is 4.30. The Morgan fingerprint density at radius 3 is 1.48 bits per heavy atom. The first-order valence-electron chi connectivity index (χ1n) is 5.66. The molecular formula is C10H2F14O3. The maximum Gasteiger partial charge on any atom is 0.446 e. The molecule has 0 aromatic carbocycles. The molecule has 0 saturated carbocycles. The lowest BCUT2D eigenvalue weighted by Crippen LogP contribution is -2.55. The van der Waals surface area contributed by atoms with E-state index in [1.54, 1.807) is 0 Å². The van der Waals surface area contributed by atoms with Crippen molar-refractivity contribution in [3.8, 4) is 0 Å². The molecule has 0 saturated heterocycles. The summed E-state index contributed by atoms with van der Waals surface area (Å²) in [7, 11) is 0. The van der Waals surface area contributed by atoms with Crippen molar-refractivity contribution in [2.45, 2.75) is 36.7 Å². The number of alkyl halides is 12. The Morgan fingerprint density at radius 1 is 0.741 bits per heavy atom.